The largest absolute Gasteiger partial charge is 0.454 e. The Kier molecular flexibility index (Phi) is 4.27. The molecule has 4 nitrogen and oxygen atoms in total. The summed E-state index contributed by atoms with van der Waals surface area (Å²) < 4.78 is 10.6. The summed E-state index contributed by atoms with van der Waals surface area (Å²) in [5, 5.41) is 0. The molecule has 22 heavy (non-hydrogen) atoms. The number of ether oxygens (including phenoxy) is 2. The molecule has 0 spiro atoms. The first-order valence-corrected chi connectivity index (χ1v) is 7.84. The first-order valence-electron chi connectivity index (χ1n) is 7.84. The van der Waals surface area contributed by atoms with E-state index in [0.29, 0.717) is 11.7 Å². The van der Waals surface area contributed by atoms with Crippen LogP contribution in [0.5, 0.6) is 5.75 Å². The molecular formula is C18H20O4. The van der Waals surface area contributed by atoms with Gasteiger partial charge in [-0.2, -0.15) is 0 Å². The van der Waals surface area contributed by atoms with E-state index in [9.17, 15) is 9.59 Å². The van der Waals surface area contributed by atoms with Crippen LogP contribution in [0.25, 0.3) is 5.57 Å². The third-order valence-corrected chi connectivity index (χ3v) is 4.35. The lowest BCUT2D eigenvalue weighted by molar-refractivity contribution is -0.140. The Hall–Kier alpha value is -2.10. The van der Waals surface area contributed by atoms with E-state index in [1.54, 1.807) is 18.2 Å². The van der Waals surface area contributed by atoms with Gasteiger partial charge < -0.3 is 9.47 Å². The lowest BCUT2D eigenvalue weighted by Gasteiger charge is -2.28. The number of hydrogen-bond donors (Lipinski definition) is 0. The molecule has 4 heteroatoms. The molecule has 0 radical (unpaired) electrons. The zero-order chi connectivity index (χ0) is 15.5. The zero-order valence-corrected chi connectivity index (χ0v) is 12.7. The molecule has 1 unspecified atom stereocenters. The summed E-state index contributed by atoms with van der Waals surface area (Å²) in [6.45, 7) is 1.37. The molecule has 0 saturated heterocycles. The van der Waals surface area contributed by atoms with Crippen molar-refractivity contribution in [1.82, 2.24) is 0 Å². The molecule has 1 aliphatic carbocycles. The van der Waals surface area contributed by atoms with Crippen LogP contribution in [0.15, 0.2) is 30.3 Å². The first kappa shape index (κ1) is 14.8. The molecular weight excluding hydrogens is 280 g/mol. The highest BCUT2D eigenvalue weighted by Crippen LogP contribution is 2.38. The van der Waals surface area contributed by atoms with E-state index in [1.807, 2.05) is 12.1 Å². The Morgan fingerprint density at radius 1 is 1.14 bits per heavy atom. The summed E-state index contributed by atoms with van der Waals surface area (Å²) >= 11 is 0. The Morgan fingerprint density at radius 3 is 2.45 bits per heavy atom. The summed E-state index contributed by atoms with van der Waals surface area (Å²) in [7, 11) is 0. The van der Waals surface area contributed by atoms with Crippen molar-refractivity contribution < 1.29 is 19.1 Å². The van der Waals surface area contributed by atoms with Gasteiger partial charge in [-0.25, -0.2) is 4.79 Å². The predicted molar refractivity (Wildman–Crippen MR) is 82.2 cm³/mol. The highest BCUT2D eigenvalue weighted by atomic mass is 16.5. The van der Waals surface area contributed by atoms with Gasteiger partial charge in [-0.05, 0) is 30.5 Å². The fraction of sp³-hybridized carbons (Fsp3) is 0.444. The minimum Gasteiger partial charge on any atom is -0.454 e. The number of esters is 2. The number of hydrogen-bond acceptors (Lipinski definition) is 4. The van der Waals surface area contributed by atoms with Gasteiger partial charge in [0.15, 0.2) is 0 Å². The molecule has 0 amide bonds. The van der Waals surface area contributed by atoms with Gasteiger partial charge in [0.1, 0.15) is 11.9 Å². The summed E-state index contributed by atoms with van der Waals surface area (Å²) in [6.07, 6.45) is 7.37. The number of cyclic esters (lactones) is 1. The monoisotopic (exact) mass is 300 g/mol. The van der Waals surface area contributed by atoms with Crippen LogP contribution in [-0.4, -0.2) is 18.0 Å². The number of carbonyl (C=O) groups is 2. The summed E-state index contributed by atoms with van der Waals surface area (Å²) in [4.78, 5) is 22.7. The van der Waals surface area contributed by atoms with E-state index >= 15 is 0 Å². The second-order valence-corrected chi connectivity index (χ2v) is 5.97. The molecule has 116 valence electrons. The summed E-state index contributed by atoms with van der Waals surface area (Å²) in [6, 6.07) is 7.25. The van der Waals surface area contributed by atoms with E-state index in [2.05, 4.69) is 0 Å². The van der Waals surface area contributed by atoms with Crippen molar-refractivity contribution in [2.45, 2.75) is 45.1 Å². The molecule has 1 atom stereocenters. The molecule has 1 aromatic rings. The standard InChI is InChI=1S/C18H20O4/c1-12(19)21-15-9-7-13(8-10-15)16-11-17(20)22-18(16)14-5-3-2-4-6-14/h7-11,14,18H,2-6H2,1H3. The fourth-order valence-corrected chi connectivity index (χ4v) is 3.35. The van der Waals surface area contributed by atoms with Crippen molar-refractivity contribution in [1.29, 1.82) is 0 Å². The molecule has 1 aromatic carbocycles. The highest BCUT2D eigenvalue weighted by molar-refractivity contribution is 5.97. The first-order chi connectivity index (χ1) is 10.6. The van der Waals surface area contributed by atoms with E-state index in [-0.39, 0.29) is 18.0 Å². The van der Waals surface area contributed by atoms with Crippen molar-refractivity contribution in [2.24, 2.45) is 5.92 Å². The smallest absolute Gasteiger partial charge is 0.331 e. The Labute approximate surface area is 130 Å². The summed E-state index contributed by atoms with van der Waals surface area (Å²) in [5.74, 6) is 0.331. The van der Waals surface area contributed by atoms with Crippen LogP contribution in [0.1, 0.15) is 44.6 Å². The molecule has 0 N–H and O–H groups in total. The van der Waals surface area contributed by atoms with Crippen LogP contribution >= 0.6 is 0 Å². The Balaban J connectivity index is 1.80. The van der Waals surface area contributed by atoms with E-state index < -0.39 is 0 Å². The van der Waals surface area contributed by atoms with Crippen LogP contribution in [0.3, 0.4) is 0 Å². The number of carbonyl (C=O) groups excluding carboxylic acids is 2. The molecule has 0 aromatic heterocycles. The van der Waals surface area contributed by atoms with Gasteiger partial charge in [0, 0.05) is 24.5 Å². The minimum absolute atomic E-state index is 0.132. The van der Waals surface area contributed by atoms with Crippen molar-refractivity contribution in [2.75, 3.05) is 0 Å². The predicted octanol–water partition coefficient (Wildman–Crippen LogP) is 3.50. The van der Waals surface area contributed by atoms with Crippen molar-refractivity contribution in [3.8, 4) is 5.75 Å². The second kappa shape index (κ2) is 6.34. The molecule has 2 aliphatic rings. The maximum Gasteiger partial charge on any atom is 0.331 e. The van der Waals surface area contributed by atoms with Gasteiger partial charge in [0.2, 0.25) is 0 Å². The van der Waals surface area contributed by atoms with Gasteiger partial charge in [-0.15, -0.1) is 0 Å². The van der Waals surface area contributed by atoms with Crippen molar-refractivity contribution in [3.63, 3.8) is 0 Å². The van der Waals surface area contributed by atoms with Gasteiger partial charge >= 0.3 is 11.9 Å². The fourth-order valence-electron chi connectivity index (χ4n) is 3.35. The molecule has 1 saturated carbocycles. The SMILES string of the molecule is CC(=O)Oc1ccc(C2=CC(=O)OC2C2CCCCC2)cc1. The van der Waals surface area contributed by atoms with Gasteiger partial charge in [0.05, 0.1) is 0 Å². The van der Waals surface area contributed by atoms with Crippen LogP contribution < -0.4 is 4.74 Å². The highest BCUT2D eigenvalue weighted by Gasteiger charge is 2.34. The number of rotatable bonds is 3. The molecule has 1 heterocycles. The molecule has 0 bridgehead atoms. The second-order valence-electron chi connectivity index (χ2n) is 5.97. The van der Waals surface area contributed by atoms with Crippen LogP contribution in [0.4, 0.5) is 0 Å². The third kappa shape index (κ3) is 3.21. The Bertz CT molecular complexity index is 594. The van der Waals surface area contributed by atoms with E-state index in [4.69, 9.17) is 9.47 Å². The average Bonchev–Trinajstić information content (AvgIpc) is 2.90. The normalized spacial score (nSPS) is 22.1. The van der Waals surface area contributed by atoms with Crippen LogP contribution in [-0.2, 0) is 14.3 Å². The Morgan fingerprint density at radius 2 is 1.82 bits per heavy atom. The van der Waals surface area contributed by atoms with Crippen molar-refractivity contribution >= 4 is 17.5 Å². The molecule has 1 fully saturated rings. The maximum absolute atomic E-state index is 11.7. The third-order valence-electron chi connectivity index (χ3n) is 4.35. The molecule has 3 rings (SSSR count). The summed E-state index contributed by atoms with van der Waals surface area (Å²) in [5.41, 5.74) is 1.91. The van der Waals surface area contributed by atoms with E-state index in [0.717, 1.165) is 24.0 Å². The zero-order valence-electron chi connectivity index (χ0n) is 12.7. The molecule has 1 aliphatic heterocycles. The topological polar surface area (TPSA) is 52.6 Å². The van der Waals surface area contributed by atoms with Gasteiger partial charge in [-0.1, -0.05) is 31.4 Å². The van der Waals surface area contributed by atoms with Gasteiger partial charge in [-0.3, -0.25) is 4.79 Å². The average molecular weight is 300 g/mol. The van der Waals surface area contributed by atoms with Crippen LogP contribution in [0.2, 0.25) is 0 Å². The van der Waals surface area contributed by atoms with Gasteiger partial charge in [0.25, 0.3) is 0 Å². The number of benzene rings is 1. The lowest BCUT2D eigenvalue weighted by Crippen LogP contribution is -2.25. The van der Waals surface area contributed by atoms with E-state index in [1.165, 1.54) is 26.2 Å². The quantitative estimate of drug-likeness (QED) is 0.633. The van der Waals surface area contributed by atoms with Crippen LogP contribution in [0, 0.1) is 5.92 Å². The lowest BCUT2D eigenvalue weighted by atomic mass is 9.81. The van der Waals surface area contributed by atoms with Crippen molar-refractivity contribution in [3.05, 3.63) is 35.9 Å². The minimum atomic E-state index is -0.341. The maximum atomic E-state index is 11.7.